The monoisotopic (exact) mass is 311 g/mol. The van der Waals surface area contributed by atoms with Gasteiger partial charge in [0.15, 0.2) is 5.96 Å². The van der Waals surface area contributed by atoms with Crippen LogP contribution in [0.15, 0.2) is 4.99 Å². The van der Waals surface area contributed by atoms with E-state index in [2.05, 4.69) is 34.3 Å². The molecule has 6 nitrogen and oxygen atoms in total. The van der Waals surface area contributed by atoms with Crippen molar-refractivity contribution in [2.45, 2.75) is 32.7 Å². The fourth-order valence-electron chi connectivity index (χ4n) is 3.21. The van der Waals surface area contributed by atoms with Gasteiger partial charge in [-0.05, 0) is 32.9 Å². The Morgan fingerprint density at radius 3 is 2.73 bits per heavy atom. The van der Waals surface area contributed by atoms with Crippen LogP contribution in [0.4, 0.5) is 0 Å². The van der Waals surface area contributed by atoms with Crippen molar-refractivity contribution in [3.63, 3.8) is 0 Å². The molecule has 2 fully saturated rings. The highest BCUT2D eigenvalue weighted by molar-refractivity contribution is 5.79. The minimum atomic E-state index is 0.625. The lowest BCUT2D eigenvalue weighted by atomic mass is 10.2. The van der Waals surface area contributed by atoms with Gasteiger partial charge in [0, 0.05) is 38.8 Å². The molecule has 2 saturated heterocycles. The first-order valence-electron chi connectivity index (χ1n) is 8.89. The lowest BCUT2D eigenvalue weighted by molar-refractivity contribution is 0.0389. The number of hydrogen-bond acceptors (Lipinski definition) is 4. The summed E-state index contributed by atoms with van der Waals surface area (Å²) in [6.45, 7) is 14.4. The molecule has 2 heterocycles. The van der Waals surface area contributed by atoms with Gasteiger partial charge in [-0.25, -0.2) is 0 Å². The third kappa shape index (κ3) is 5.74. The molecule has 0 radical (unpaired) electrons. The number of likely N-dealkylation sites (tertiary alicyclic amines) is 1. The molecule has 1 atom stereocenters. The van der Waals surface area contributed by atoms with Crippen LogP contribution in [-0.2, 0) is 4.74 Å². The van der Waals surface area contributed by atoms with Gasteiger partial charge in [0.2, 0.25) is 0 Å². The average Bonchev–Trinajstić information content (AvgIpc) is 3.01. The van der Waals surface area contributed by atoms with Crippen molar-refractivity contribution < 1.29 is 4.74 Å². The maximum Gasteiger partial charge on any atom is 0.191 e. The first-order valence-corrected chi connectivity index (χ1v) is 8.89. The molecule has 0 aromatic rings. The number of ether oxygens (including phenoxy) is 1. The summed E-state index contributed by atoms with van der Waals surface area (Å²) in [6, 6.07) is 0.625. The molecular weight excluding hydrogens is 278 g/mol. The quantitative estimate of drug-likeness (QED) is 0.525. The van der Waals surface area contributed by atoms with Gasteiger partial charge >= 0.3 is 0 Å². The molecule has 2 aliphatic heterocycles. The van der Waals surface area contributed by atoms with Gasteiger partial charge < -0.3 is 15.4 Å². The molecule has 6 heteroatoms. The van der Waals surface area contributed by atoms with Crippen molar-refractivity contribution >= 4 is 5.96 Å². The fourth-order valence-corrected chi connectivity index (χ4v) is 3.21. The largest absolute Gasteiger partial charge is 0.379 e. The van der Waals surface area contributed by atoms with Crippen LogP contribution in [0.2, 0.25) is 0 Å². The molecule has 0 aromatic carbocycles. The summed E-state index contributed by atoms with van der Waals surface area (Å²) >= 11 is 0. The highest BCUT2D eigenvalue weighted by Gasteiger charge is 2.22. The molecule has 0 saturated carbocycles. The van der Waals surface area contributed by atoms with Crippen molar-refractivity contribution in [3.8, 4) is 0 Å². The Morgan fingerprint density at radius 2 is 2.00 bits per heavy atom. The zero-order valence-corrected chi connectivity index (χ0v) is 14.3. The summed E-state index contributed by atoms with van der Waals surface area (Å²) in [6.07, 6.45) is 2.60. The van der Waals surface area contributed by atoms with E-state index in [9.17, 15) is 0 Å². The van der Waals surface area contributed by atoms with Gasteiger partial charge in [-0.1, -0.05) is 6.92 Å². The summed E-state index contributed by atoms with van der Waals surface area (Å²) < 4.78 is 5.38. The van der Waals surface area contributed by atoms with Gasteiger partial charge in [0.1, 0.15) is 0 Å². The van der Waals surface area contributed by atoms with Gasteiger partial charge in [-0.15, -0.1) is 0 Å². The fraction of sp³-hybridized carbons (Fsp3) is 0.938. The normalized spacial score (nSPS) is 24.6. The van der Waals surface area contributed by atoms with E-state index in [4.69, 9.17) is 9.73 Å². The lowest BCUT2D eigenvalue weighted by Crippen LogP contribution is -2.45. The van der Waals surface area contributed by atoms with Crippen LogP contribution in [0.5, 0.6) is 0 Å². The van der Waals surface area contributed by atoms with Crippen LogP contribution in [0.25, 0.3) is 0 Å². The number of nitrogens with one attached hydrogen (secondary N) is 2. The van der Waals surface area contributed by atoms with Crippen molar-refractivity contribution in [2.75, 3.05) is 65.6 Å². The Bertz CT molecular complexity index is 330. The van der Waals surface area contributed by atoms with Crippen molar-refractivity contribution in [2.24, 2.45) is 4.99 Å². The highest BCUT2D eigenvalue weighted by atomic mass is 16.5. The van der Waals surface area contributed by atoms with Gasteiger partial charge in [-0.2, -0.15) is 0 Å². The second-order valence-electron chi connectivity index (χ2n) is 6.03. The Morgan fingerprint density at radius 1 is 1.18 bits per heavy atom. The number of rotatable bonds is 7. The Balaban J connectivity index is 1.72. The summed E-state index contributed by atoms with van der Waals surface area (Å²) in [5.74, 6) is 0.957. The maximum absolute atomic E-state index is 5.38. The van der Waals surface area contributed by atoms with Crippen molar-refractivity contribution in [1.82, 2.24) is 20.4 Å². The second kappa shape index (κ2) is 10.0. The van der Waals surface area contributed by atoms with E-state index in [1.807, 2.05) is 0 Å². The molecule has 0 bridgehead atoms. The van der Waals surface area contributed by atoms with Crippen molar-refractivity contribution in [3.05, 3.63) is 0 Å². The molecule has 128 valence electrons. The molecule has 0 spiro atoms. The smallest absolute Gasteiger partial charge is 0.191 e. The number of guanidine groups is 1. The first kappa shape index (κ1) is 17.5. The molecule has 0 aliphatic carbocycles. The number of nitrogens with zero attached hydrogens (tertiary/aromatic N) is 3. The first-order chi connectivity index (χ1) is 10.8. The van der Waals surface area contributed by atoms with Crippen LogP contribution in [-0.4, -0.2) is 87.4 Å². The van der Waals surface area contributed by atoms with E-state index in [1.54, 1.807) is 0 Å². The van der Waals surface area contributed by atoms with Crippen LogP contribution in [0.1, 0.15) is 26.7 Å². The zero-order valence-electron chi connectivity index (χ0n) is 14.3. The van der Waals surface area contributed by atoms with E-state index in [1.165, 1.54) is 19.4 Å². The average molecular weight is 311 g/mol. The topological polar surface area (TPSA) is 52.1 Å². The van der Waals surface area contributed by atoms with Gasteiger partial charge in [0.05, 0.1) is 19.8 Å². The lowest BCUT2D eigenvalue weighted by Gasteiger charge is -2.27. The molecular formula is C16H33N5O. The number of hydrogen-bond donors (Lipinski definition) is 2. The SMILES string of the molecule is CCNC(=NCC1CCCN1CC)NCCN1CCOCC1. The minimum absolute atomic E-state index is 0.625. The minimum Gasteiger partial charge on any atom is -0.379 e. The molecule has 0 amide bonds. The van der Waals surface area contributed by atoms with Crippen LogP contribution >= 0.6 is 0 Å². The van der Waals surface area contributed by atoms with Gasteiger partial charge in [-0.3, -0.25) is 14.8 Å². The maximum atomic E-state index is 5.38. The zero-order chi connectivity index (χ0) is 15.6. The summed E-state index contributed by atoms with van der Waals surface area (Å²) in [5.41, 5.74) is 0. The number of aliphatic imine (C=N–C) groups is 1. The molecule has 2 N–H and O–H groups in total. The van der Waals surface area contributed by atoms with E-state index >= 15 is 0 Å². The summed E-state index contributed by atoms with van der Waals surface area (Å²) in [7, 11) is 0. The number of morpholine rings is 1. The van der Waals surface area contributed by atoms with Crippen molar-refractivity contribution in [1.29, 1.82) is 0 Å². The second-order valence-corrected chi connectivity index (χ2v) is 6.03. The predicted molar refractivity (Wildman–Crippen MR) is 91.5 cm³/mol. The third-order valence-corrected chi connectivity index (χ3v) is 4.53. The molecule has 22 heavy (non-hydrogen) atoms. The Kier molecular flexibility index (Phi) is 7.98. The Hall–Kier alpha value is -0.850. The van der Waals surface area contributed by atoms with Crippen LogP contribution < -0.4 is 10.6 Å². The summed E-state index contributed by atoms with van der Waals surface area (Å²) in [4.78, 5) is 9.77. The van der Waals surface area contributed by atoms with Crippen LogP contribution in [0, 0.1) is 0 Å². The predicted octanol–water partition coefficient (Wildman–Crippen LogP) is 0.358. The standard InChI is InChI=1S/C16H33N5O/c1-3-17-16(18-7-9-20-10-12-22-13-11-20)19-14-15-6-5-8-21(15)4-2/h15H,3-14H2,1-2H3,(H2,17,18,19). The third-order valence-electron chi connectivity index (χ3n) is 4.53. The Labute approximate surface area is 135 Å². The molecule has 2 rings (SSSR count). The molecule has 2 aliphatic rings. The number of likely N-dealkylation sites (N-methyl/N-ethyl adjacent to an activating group) is 1. The van der Waals surface area contributed by atoms with E-state index < -0.39 is 0 Å². The van der Waals surface area contributed by atoms with E-state index in [-0.39, 0.29) is 0 Å². The van der Waals surface area contributed by atoms with Gasteiger partial charge in [0.25, 0.3) is 0 Å². The highest BCUT2D eigenvalue weighted by Crippen LogP contribution is 2.16. The molecule has 0 aromatic heterocycles. The summed E-state index contributed by atoms with van der Waals surface area (Å²) in [5, 5.41) is 6.82. The molecule has 1 unspecified atom stereocenters. The van der Waals surface area contributed by atoms with E-state index in [0.717, 1.165) is 65.0 Å². The van der Waals surface area contributed by atoms with Crippen LogP contribution in [0.3, 0.4) is 0 Å². The van der Waals surface area contributed by atoms with E-state index in [0.29, 0.717) is 6.04 Å².